The van der Waals surface area contributed by atoms with Gasteiger partial charge in [-0.3, -0.25) is 10.2 Å². The maximum Gasteiger partial charge on any atom is 0.285 e. The molecule has 4 rings (SSSR count). The maximum absolute atomic E-state index is 11.7. The molecule has 7 heteroatoms. The van der Waals surface area contributed by atoms with Crippen molar-refractivity contribution in [3.63, 3.8) is 0 Å². The molecule has 0 saturated heterocycles. The van der Waals surface area contributed by atoms with Crippen molar-refractivity contribution in [2.45, 2.75) is 19.5 Å². The third-order valence-corrected chi connectivity index (χ3v) is 5.05. The van der Waals surface area contributed by atoms with Crippen LogP contribution in [0.1, 0.15) is 11.1 Å². The molecule has 1 aliphatic heterocycles. The number of pyridine rings is 1. The fourth-order valence-corrected chi connectivity index (χ4v) is 3.47. The molecule has 1 aliphatic rings. The Morgan fingerprint density at radius 3 is 2.70 bits per heavy atom. The molecule has 0 saturated carbocycles. The van der Waals surface area contributed by atoms with Crippen molar-refractivity contribution in [1.29, 1.82) is 0 Å². The summed E-state index contributed by atoms with van der Waals surface area (Å²) >= 11 is 0. The van der Waals surface area contributed by atoms with Gasteiger partial charge in [0.1, 0.15) is 17.7 Å². The van der Waals surface area contributed by atoms with Crippen LogP contribution in [0.5, 0.6) is 5.75 Å². The Labute approximate surface area is 175 Å². The van der Waals surface area contributed by atoms with Crippen LogP contribution in [0.2, 0.25) is 0 Å². The number of hydrogen-bond acceptors (Lipinski definition) is 6. The van der Waals surface area contributed by atoms with Gasteiger partial charge in [-0.25, -0.2) is 15.0 Å². The first kappa shape index (κ1) is 19.4. The Balaban J connectivity index is 1.68. The lowest BCUT2D eigenvalue weighted by atomic mass is 10.0. The van der Waals surface area contributed by atoms with Crippen LogP contribution < -0.4 is 20.9 Å². The molecule has 1 aromatic heterocycles. The van der Waals surface area contributed by atoms with Crippen LogP contribution in [0.15, 0.2) is 71.9 Å². The third kappa shape index (κ3) is 3.96. The second kappa shape index (κ2) is 8.24. The number of amidine groups is 1. The number of carbonyl (C=O) groups is 1. The Hall–Kier alpha value is -3.87. The molecule has 1 unspecified atom stereocenters. The van der Waals surface area contributed by atoms with Gasteiger partial charge in [0.2, 0.25) is 5.84 Å². The summed E-state index contributed by atoms with van der Waals surface area (Å²) in [6.07, 6.45) is 2.01. The lowest BCUT2D eigenvalue weighted by molar-refractivity contribution is -0.112. The van der Waals surface area contributed by atoms with E-state index < -0.39 is 5.91 Å². The smallest absolute Gasteiger partial charge is 0.285 e. The molecular formula is C23H23N5O2. The quantitative estimate of drug-likeness (QED) is 0.663. The molecule has 0 spiro atoms. The normalized spacial score (nSPS) is 15.5. The van der Waals surface area contributed by atoms with Crippen molar-refractivity contribution < 1.29 is 9.53 Å². The van der Waals surface area contributed by atoms with Gasteiger partial charge in [-0.05, 0) is 53.4 Å². The van der Waals surface area contributed by atoms with Gasteiger partial charge in [-0.1, -0.05) is 36.4 Å². The number of ether oxygens (including phenoxy) is 1. The van der Waals surface area contributed by atoms with Crippen LogP contribution in [0.3, 0.4) is 0 Å². The van der Waals surface area contributed by atoms with Gasteiger partial charge in [0.05, 0.1) is 7.11 Å². The number of primary amides is 1. The molecule has 2 heterocycles. The number of rotatable bonds is 6. The molecule has 3 N–H and O–H groups in total. The SMILES string of the molecule is COc1ccc(C)c(-c2ccnc(N3NC(C(N)=O)=NC3Cc3ccccc3)c2)c1. The van der Waals surface area contributed by atoms with Gasteiger partial charge in [-0.2, -0.15) is 0 Å². The number of aliphatic imine (C=N–C) groups is 1. The number of methoxy groups -OCH3 is 1. The molecule has 1 amide bonds. The fourth-order valence-electron chi connectivity index (χ4n) is 3.47. The van der Waals surface area contributed by atoms with E-state index in [0.717, 1.165) is 28.0 Å². The second-order valence-corrected chi connectivity index (χ2v) is 7.08. The van der Waals surface area contributed by atoms with Crippen LogP contribution in [0.25, 0.3) is 11.1 Å². The largest absolute Gasteiger partial charge is 0.497 e. The molecule has 0 fully saturated rings. The van der Waals surface area contributed by atoms with E-state index in [1.807, 2.05) is 60.7 Å². The van der Waals surface area contributed by atoms with Crippen LogP contribution in [0.4, 0.5) is 5.82 Å². The lowest BCUT2D eigenvalue weighted by Crippen LogP contribution is -2.45. The van der Waals surface area contributed by atoms with Gasteiger partial charge in [0.15, 0.2) is 0 Å². The molecular weight excluding hydrogens is 378 g/mol. The third-order valence-electron chi connectivity index (χ3n) is 5.05. The summed E-state index contributed by atoms with van der Waals surface area (Å²) in [4.78, 5) is 20.7. The highest BCUT2D eigenvalue weighted by Crippen LogP contribution is 2.30. The summed E-state index contributed by atoms with van der Waals surface area (Å²) in [6, 6.07) is 19.8. The standard InChI is InChI=1S/C23H23N5O2/c1-15-8-9-18(30-2)14-19(15)17-10-11-25-20(13-17)28-21(26-23(27-28)22(24)29)12-16-6-4-3-5-7-16/h3-11,13-14,21H,12H2,1-2H3,(H2,24,29)(H,26,27). The van der Waals surface area contributed by atoms with Crippen molar-refractivity contribution in [2.24, 2.45) is 10.7 Å². The molecule has 3 aromatic rings. The zero-order chi connectivity index (χ0) is 21.1. The summed E-state index contributed by atoms with van der Waals surface area (Å²) < 4.78 is 5.38. The summed E-state index contributed by atoms with van der Waals surface area (Å²) in [7, 11) is 1.65. The van der Waals surface area contributed by atoms with Crippen LogP contribution in [-0.2, 0) is 11.2 Å². The first-order valence-corrected chi connectivity index (χ1v) is 9.63. The van der Waals surface area contributed by atoms with Gasteiger partial charge in [0.25, 0.3) is 5.91 Å². The number of hydrazine groups is 1. The van der Waals surface area contributed by atoms with Crippen LogP contribution in [0, 0.1) is 6.92 Å². The van der Waals surface area contributed by atoms with Crippen molar-refractivity contribution in [2.75, 3.05) is 12.1 Å². The van der Waals surface area contributed by atoms with Crippen molar-refractivity contribution in [3.8, 4) is 16.9 Å². The number of nitrogens with two attached hydrogens (primary N) is 1. The number of hydrogen-bond donors (Lipinski definition) is 2. The first-order valence-electron chi connectivity index (χ1n) is 9.63. The number of nitrogens with one attached hydrogen (secondary N) is 1. The minimum absolute atomic E-state index is 0.126. The molecule has 2 aromatic carbocycles. The van der Waals surface area contributed by atoms with E-state index in [9.17, 15) is 4.79 Å². The number of amides is 1. The van der Waals surface area contributed by atoms with E-state index in [1.54, 1.807) is 18.3 Å². The van der Waals surface area contributed by atoms with E-state index in [4.69, 9.17) is 10.5 Å². The molecule has 0 aliphatic carbocycles. The van der Waals surface area contributed by atoms with E-state index in [-0.39, 0.29) is 12.0 Å². The second-order valence-electron chi connectivity index (χ2n) is 7.08. The van der Waals surface area contributed by atoms with E-state index in [2.05, 4.69) is 22.3 Å². The zero-order valence-corrected chi connectivity index (χ0v) is 16.9. The van der Waals surface area contributed by atoms with Gasteiger partial charge in [0, 0.05) is 12.6 Å². The Bertz CT molecular complexity index is 1100. The Kier molecular flexibility index (Phi) is 5.34. The van der Waals surface area contributed by atoms with E-state index in [0.29, 0.717) is 12.2 Å². The summed E-state index contributed by atoms with van der Waals surface area (Å²) in [6.45, 7) is 2.05. The number of aryl methyl sites for hydroxylation is 1. The molecule has 1 atom stereocenters. The van der Waals surface area contributed by atoms with E-state index >= 15 is 0 Å². The van der Waals surface area contributed by atoms with Crippen molar-refractivity contribution in [3.05, 3.63) is 78.0 Å². The highest BCUT2D eigenvalue weighted by molar-refractivity contribution is 6.38. The predicted octanol–water partition coefficient (Wildman–Crippen LogP) is 2.84. The minimum Gasteiger partial charge on any atom is -0.497 e. The zero-order valence-electron chi connectivity index (χ0n) is 16.9. The highest BCUT2D eigenvalue weighted by atomic mass is 16.5. The number of anilines is 1. The summed E-state index contributed by atoms with van der Waals surface area (Å²) in [5, 5.41) is 1.78. The number of benzene rings is 2. The Morgan fingerprint density at radius 2 is 1.97 bits per heavy atom. The first-order chi connectivity index (χ1) is 14.5. The molecule has 30 heavy (non-hydrogen) atoms. The minimum atomic E-state index is -0.602. The molecule has 7 nitrogen and oxygen atoms in total. The van der Waals surface area contributed by atoms with Crippen molar-refractivity contribution >= 4 is 17.6 Å². The number of nitrogens with zero attached hydrogens (tertiary/aromatic N) is 3. The molecule has 0 radical (unpaired) electrons. The summed E-state index contributed by atoms with van der Waals surface area (Å²) in [5.74, 6) is 0.960. The van der Waals surface area contributed by atoms with Crippen molar-refractivity contribution in [1.82, 2.24) is 10.4 Å². The highest BCUT2D eigenvalue weighted by Gasteiger charge is 2.30. The lowest BCUT2D eigenvalue weighted by Gasteiger charge is -2.24. The van der Waals surface area contributed by atoms with E-state index in [1.165, 1.54) is 0 Å². The fraction of sp³-hybridized carbons (Fsp3) is 0.174. The molecule has 152 valence electrons. The number of aromatic nitrogens is 1. The molecule has 0 bridgehead atoms. The summed E-state index contributed by atoms with van der Waals surface area (Å²) in [5.41, 5.74) is 12.7. The van der Waals surface area contributed by atoms with Gasteiger partial charge >= 0.3 is 0 Å². The van der Waals surface area contributed by atoms with Crippen LogP contribution in [-0.4, -0.2) is 30.0 Å². The van der Waals surface area contributed by atoms with Gasteiger partial charge in [-0.15, -0.1) is 0 Å². The average Bonchev–Trinajstić information content (AvgIpc) is 3.19. The van der Waals surface area contributed by atoms with Gasteiger partial charge < -0.3 is 10.5 Å². The number of carbonyl (C=O) groups excluding carboxylic acids is 1. The topological polar surface area (TPSA) is 92.8 Å². The predicted molar refractivity (Wildman–Crippen MR) is 117 cm³/mol. The monoisotopic (exact) mass is 401 g/mol. The van der Waals surface area contributed by atoms with Crippen LogP contribution >= 0.6 is 0 Å². The maximum atomic E-state index is 11.7. The average molecular weight is 401 g/mol. The Morgan fingerprint density at radius 1 is 1.17 bits per heavy atom.